The van der Waals surface area contributed by atoms with Crippen molar-refractivity contribution in [1.82, 2.24) is 4.90 Å². The van der Waals surface area contributed by atoms with E-state index in [1.165, 1.54) is 0 Å². The fourth-order valence-electron chi connectivity index (χ4n) is 2.70. The SMILES string of the molecule is CCN(C(=O)[C@@H]1C[C@@H](O)CN1C(=O)O)c1cccc(C)c1. The number of β-amino-alcohol motifs (C(OH)–C–C–N with tert-alkyl or cyclic N) is 1. The third-order valence-corrected chi connectivity index (χ3v) is 3.71. The minimum absolute atomic E-state index is 0.0168. The fraction of sp³-hybridized carbons (Fsp3) is 0.467. The lowest BCUT2D eigenvalue weighted by molar-refractivity contribution is -0.122. The van der Waals surface area contributed by atoms with Crippen LogP contribution in [0.25, 0.3) is 0 Å². The van der Waals surface area contributed by atoms with Gasteiger partial charge in [0.1, 0.15) is 6.04 Å². The molecule has 0 unspecified atom stereocenters. The zero-order valence-corrected chi connectivity index (χ0v) is 12.2. The lowest BCUT2D eigenvalue weighted by atomic mass is 10.1. The Morgan fingerprint density at radius 2 is 2.14 bits per heavy atom. The van der Waals surface area contributed by atoms with Crippen LogP contribution in [0.4, 0.5) is 10.5 Å². The molecular weight excluding hydrogens is 272 g/mol. The monoisotopic (exact) mass is 292 g/mol. The third kappa shape index (κ3) is 3.16. The molecule has 1 aliphatic rings. The molecule has 1 saturated heterocycles. The molecular formula is C15H20N2O4. The molecule has 1 aliphatic heterocycles. The second kappa shape index (κ2) is 6.13. The lowest BCUT2D eigenvalue weighted by Crippen LogP contribution is -2.47. The number of anilines is 1. The molecule has 0 aliphatic carbocycles. The van der Waals surface area contributed by atoms with Gasteiger partial charge in [0.05, 0.1) is 12.6 Å². The van der Waals surface area contributed by atoms with E-state index in [4.69, 9.17) is 5.11 Å². The molecule has 1 fully saturated rings. The van der Waals surface area contributed by atoms with Gasteiger partial charge in [-0.2, -0.15) is 0 Å². The Kier molecular flexibility index (Phi) is 4.47. The Hall–Kier alpha value is -2.08. The smallest absolute Gasteiger partial charge is 0.408 e. The lowest BCUT2D eigenvalue weighted by Gasteiger charge is -2.28. The molecule has 2 atom stereocenters. The summed E-state index contributed by atoms with van der Waals surface area (Å²) < 4.78 is 0. The fourth-order valence-corrected chi connectivity index (χ4v) is 2.70. The molecule has 6 heteroatoms. The summed E-state index contributed by atoms with van der Waals surface area (Å²) in [5.74, 6) is -0.290. The molecule has 0 saturated carbocycles. The van der Waals surface area contributed by atoms with Crippen LogP contribution in [0.5, 0.6) is 0 Å². The molecule has 6 nitrogen and oxygen atoms in total. The summed E-state index contributed by atoms with van der Waals surface area (Å²) in [6.07, 6.45) is -1.82. The molecule has 21 heavy (non-hydrogen) atoms. The third-order valence-electron chi connectivity index (χ3n) is 3.71. The van der Waals surface area contributed by atoms with E-state index in [0.717, 1.165) is 16.2 Å². The predicted molar refractivity (Wildman–Crippen MR) is 78.3 cm³/mol. The highest BCUT2D eigenvalue weighted by atomic mass is 16.4. The number of likely N-dealkylation sites (tertiary alicyclic amines) is 1. The van der Waals surface area contributed by atoms with Crippen molar-refractivity contribution in [3.63, 3.8) is 0 Å². The number of carboxylic acid groups (broad SMARTS) is 1. The number of carbonyl (C=O) groups is 2. The van der Waals surface area contributed by atoms with E-state index in [9.17, 15) is 14.7 Å². The number of nitrogens with zero attached hydrogens (tertiary/aromatic N) is 2. The summed E-state index contributed by atoms with van der Waals surface area (Å²) in [5, 5.41) is 18.8. The molecule has 1 heterocycles. The number of aryl methyl sites for hydroxylation is 1. The van der Waals surface area contributed by atoms with E-state index in [2.05, 4.69) is 0 Å². The van der Waals surface area contributed by atoms with Crippen molar-refractivity contribution in [2.24, 2.45) is 0 Å². The van der Waals surface area contributed by atoms with Gasteiger partial charge in [0.15, 0.2) is 0 Å². The Bertz CT molecular complexity index is 546. The van der Waals surface area contributed by atoms with Crippen LogP contribution in [0.1, 0.15) is 18.9 Å². The average Bonchev–Trinajstić information content (AvgIpc) is 2.82. The van der Waals surface area contributed by atoms with Gasteiger partial charge in [0.2, 0.25) is 5.91 Å². The first kappa shape index (κ1) is 15.3. The summed E-state index contributed by atoms with van der Waals surface area (Å²) in [5.41, 5.74) is 1.77. The second-order valence-electron chi connectivity index (χ2n) is 5.26. The first-order chi connectivity index (χ1) is 9.93. The van der Waals surface area contributed by atoms with Gasteiger partial charge in [0, 0.05) is 18.7 Å². The van der Waals surface area contributed by atoms with E-state index in [1.54, 1.807) is 4.90 Å². The number of benzene rings is 1. The largest absolute Gasteiger partial charge is 0.465 e. The van der Waals surface area contributed by atoms with Gasteiger partial charge in [-0.15, -0.1) is 0 Å². The number of aliphatic hydroxyl groups is 1. The molecule has 2 rings (SSSR count). The number of hydrogen-bond donors (Lipinski definition) is 2. The Balaban J connectivity index is 2.26. The van der Waals surface area contributed by atoms with E-state index in [0.29, 0.717) is 6.54 Å². The van der Waals surface area contributed by atoms with Crippen molar-refractivity contribution in [2.75, 3.05) is 18.0 Å². The van der Waals surface area contributed by atoms with Gasteiger partial charge >= 0.3 is 6.09 Å². The van der Waals surface area contributed by atoms with E-state index in [1.807, 2.05) is 38.1 Å². The van der Waals surface area contributed by atoms with Gasteiger partial charge in [-0.3, -0.25) is 9.69 Å². The van der Waals surface area contributed by atoms with Crippen LogP contribution in [0.3, 0.4) is 0 Å². The molecule has 2 N–H and O–H groups in total. The molecule has 1 aromatic rings. The van der Waals surface area contributed by atoms with E-state index >= 15 is 0 Å². The molecule has 0 radical (unpaired) electrons. The summed E-state index contributed by atoms with van der Waals surface area (Å²) >= 11 is 0. The molecule has 2 amide bonds. The quantitative estimate of drug-likeness (QED) is 0.883. The Morgan fingerprint density at radius 3 is 2.71 bits per heavy atom. The molecule has 0 bridgehead atoms. The first-order valence-corrected chi connectivity index (χ1v) is 6.99. The zero-order chi connectivity index (χ0) is 15.6. The maximum Gasteiger partial charge on any atom is 0.408 e. The molecule has 0 spiro atoms. The minimum Gasteiger partial charge on any atom is -0.465 e. The summed E-state index contributed by atoms with van der Waals surface area (Å²) in [6, 6.07) is 6.69. The number of carbonyl (C=O) groups excluding carboxylic acids is 1. The highest BCUT2D eigenvalue weighted by Gasteiger charge is 2.40. The molecule has 1 aromatic carbocycles. The second-order valence-corrected chi connectivity index (χ2v) is 5.26. The van der Waals surface area contributed by atoms with Crippen molar-refractivity contribution in [3.05, 3.63) is 29.8 Å². The number of aliphatic hydroxyl groups excluding tert-OH is 1. The van der Waals surface area contributed by atoms with Gasteiger partial charge in [-0.25, -0.2) is 4.79 Å². The summed E-state index contributed by atoms with van der Waals surface area (Å²) in [4.78, 5) is 26.4. The standard InChI is InChI=1S/C15H20N2O4/c1-3-16(11-6-4-5-10(2)7-11)14(19)13-8-12(18)9-17(13)15(20)21/h4-7,12-13,18H,3,8-9H2,1-2H3,(H,20,21)/t12-,13+/m1/s1. The highest BCUT2D eigenvalue weighted by molar-refractivity contribution is 5.99. The van der Waals surface area contributed by atoms with Crippen molar-refractivity contribution < 1.29 is 19.8 Å². The van der Waals surface area contributed by atoms with Gasteiger partial charge in [0.25, 0.3) is 0 Å². The van der Waals surface area contributed by atoms with Gasteiger partial charge in [-0.1, -0.05) is 12.1 Å². The molecule has 0 aromatic heterocycles. The normalized spacial score (nSPS) is 21.4. The van der Waals surface area contributed by atoms with E-state index in [-0.39, 0.29) is 18.9 Å². The number of hydrogen-bond acceptors (Lipinski definition) is 3. The Labute approximate surface area is 123 Å². The molecule has 114 valence electrons. The van der Waals surface area contributed by atoms with Crippen molar-refractivity contribution >= 4 is 17.7 Å². The van der Waals surface area contributed by atoms with Crippen molar-refractivity contribution in [1.29, 1.82) is 0 Å². The maximum absolute atomic E-state index is 12.7. The van der Waals surface area contributed by atoms with Crippen LogP contribution in [0.15, 0.2) is 24.3 Å². The minimum atomic E-state index is -1.18. The summed E-state index contributed by atoms with van der Waals surface area (Å²) in [7, 11) is 0. The number of likely N-dealkylation sites (N-methyl/N-ethyl adjacent to an activating group) is 1. The topological polar surface area (TPSA) is 81.1 Å². The average molecular weight is 292 g/mol. The Morgan fingerprint density at radius 1 is 1.43 bits per heavy atom. The van der Waals surface area contributed by atoms with Crippen LogP contribution >= 0.6 is 0 Å². The maximum atomic E-state index is 12.7. The van der Waals surface area contributed by atoms with Crippen LogP contribution < -0.4 is 4.90 Å². The number of rotatable bonds is 3. The highest BCUT2D eigenvalue weighted by Crippen LogP contribution is 2.24. The van der Waals surface area contributed by atoms with Crippen LogP contribution in [-0.4, -0.2) is 52.3 Å². The zero-order valence-electron chi connectivity index (χ0n) is 12.2. The van der Waals surface area contributed by atoms with Crippen LogP contribution in [0.2, 0.25) is 0 Å². The van der Waals surface area contributed by atoms with E-state index < -0.39 is 18.2 Å². The van der Waals surface area contributed by atoms with Crippen molar-refractivity contribution in [3.8, 4) is 0 Å². The van der Waals surface area contributed by atoms with Gasteiger partial charge in [-0.05, 0) is 31.5 Å². The first-order valence-electron chi connectivity index (χ1n) is 6.99. The predicted octanol–water partition coefficient (Wildman–Crippen LogP) is 1.46. The van der Waals surface area contributed by atoms with Crippen LogP contribution in [0, 0.1) is 6.92 Å². The summed E-state index contributed by atoms with van der Waals surface area (Å²) in [6.45, 7) is 4.21. The van der Waals surface area contributed by atoms with Crippen molar-refractivity contribution in [2.45, 2.75) is 32.4 Å². The van der Waals surface area contributed by atoms with Gasteiger partial charge < -0.3 is 15.1 Å². The number of amides is 2. The van der Waals surface area contributed by atoms with Crippen LogP contribution in [-0.2, 0) is 4.79 Å².